The van der Waals surface area contributed by atoms with E-state index in [1.165, 1.54) is 24.3 Å². The molecule has 25 heavy (non-hydrogen) atoms. The number of nitrogens with one attached hydrogen (secondary N) is 2. The van der Waals surface area contributed by atoms with Gasteiger partial charge in [-0.1, -0.05) is 23.7 Å². The molecule has 0 aromatic heterocycles. The highest BCUT2D eigenvalue weighted by molar-refractivity contribution is 6.32. The van der Waals surface area contributed by atoms with E-state index in [-0.39, 0.29) is 22.3 Å². The summed E-state index contributed by atoms with van der Waals surface area (Å²) in [4.78, 5) is 33.6. The van der Waals surface area contributed by atoms with Crippen LogP contribution < -0.4 is 10.6 Å². The zero-order valence-corrected chi connectivity index (χ0v) is 13.9. The minimum absolute atomic E-state index is 0.00486. The minimum Gasteiger partial charge on any atom is -0.355 e. The Bertz CT molecular complexity index is 847. The molecule has 0 fully saturated rings. The molecular weight excluding hydrogens is 346 g/mol. The molecule has 8 heteroatoms. The fraction of sp³-hybridized carbons (Fsp3) is 0.0588. The number of hydrogen-bond acceptors (Lipinski definition) is 4. The van der Waals surface area contributed by atoms with Crippen molar-refractivity contribution in [2.75, 3.05) is 12.4 Å². The summed E-state index contributed by atoms with van der Waals surface area (Å²) in [5.74, 6) is -0.649. The number of nitro benzene ring substituents is 1. The van der Waals surface area contributed by atoms with E-state index < -0.39 is 10.8 Å². The summed E-state index contributed by atoms with van der Waals surface area (Å²) < 4.78 is 0. The van der Waals surface area contributed by atoms with Crippen molar-refractivity contribution in [1.82, 2.24) is 5.32 Å². The van der Waals surface area contributed by atoms with Gasteiger partial charge in [-0.25, -0.2) is 0 Å². The van der Waals surface area contributed by atoms with Crippen LogP contribution in [0.2, 0.25) is 5.02 Å². The first-order valence-electron chi connectivity index (χ1n) is 7.16. The quantitative estimate of drug-likeness (QED) is 0.486. The summed E-state index contributed by atoms with van der Waals surface area (Å²) in [6.45, 7) is 0. The fourth-order valence-corrected chi connectivity index (χ4v) is 2.16. The largest absolute Gasteiger partial charge is 0.355 e. The summed E-state index contributed by atoms with van der Waals surface area (Å²) in [6.07, 6.45) is 2.85. The number of halogens is 1. The van der Waals surface area contributed by atoms with E-state index in [1.807, 2.05) is 0 Å². The average molecular weight is 360 g/mol. The second kappa shape index (κ2) is 8.07. The van der Waals surface area contributed by atoms with Gasteiger partial charge in [-0.05, 0) is 35.9 Å². The van der Waals surface area contributed by atoms with Gasteiger partial charge in [-0.3, -0.25) is 19.7 Å². The Hall–Kier alpha value is -3.19. The molecule has 0 aliphatic rings. The second-order valence-electron chi connectivity index (χ2n) is 4.95. The van der Waals surface area contributed by atoms with Crippen molar-refractivity contribution < 1.29 is 14.5 Å². The lowest BCUT2D eigenvalue weighted by Crippen LogP contribution is -2.17. The van der Waals surface area contributed by atoms with Crippen molar-refractivity contribution >= 4 is 40.9 Å². The lowest BCUT2D eigenvalue weighted by atomic mass is 10.1. The van der Waals surface area contributed by atoms with Gasteiger partial charge < -0.3 is 10.6 Å². The predicted octanol–water partition coefficient (Wildman–Crippen LogP) is 3.26. The molecule has 2 aromatic rings. The molecule has 2 N–H and O–H groups in total. The third-order valence-electron chi connectivity index (χ3n) is 3.24. The Morgan fingerprint density at radius 2 is 1.84 bits per heavy atom. The molecule has 0 saturated carbocycles. The Labute approximate surface area is 148 Å². The number of rotatable bonds is 5. The molecule has 0 saturated heterocycles. The molecule has 0 heterocycles. The number of carbonyl (C=O) groups excluding carboxylic acids is 2. The highest BCUT2D eigenvalue weighted by Crippen LogP contribution is 2.27. The smallest absolute Gasteiger partial charge is 0.289 e. The number of carbonyl (C=O) groups is 2. The topological polar surface area (TPSA) is 101 Å². The second-order valence-corrected chi connectivity index (χ2v) is 5.35. The van der Waals surface area contributed by atoms with Gasteiger partial charge >= 0.3 is 0 Å². The molecule has 2 aromatic carbocycles. The first-order valence-corrected chi connectivity index (χ1v) is 7.53. The molecule has 0 bridgehead atoms. The zero-order valence-electron chi connectivity index (χ0n) is 13.2. The van der Waals surface area contributed by atoms with Crippen molar-refractivity contribution in [1.29, 1.82) is 0 Å². The van der Waals surface area contributed by atoms with Crippen LogP contribution in [0.3, 0.4) is 0 Å². The van der Waals surface area contributed by atoms with Crippen LogP contribution in [0.15, 0.2) is 48.5 Å². The highest BCUT2D eigenvalue weighted by atomic mass is 35.5. The molecule has 0 spiro atoms. The Morgan fingerprint density at radius 3 is 2.44 bits per heavy atom. The van der Waals surface area contributed by atoms with Crippen LogP contribution in [0.5, 0.6) is 0 Å². The van der Waals surface area contributed by atoms with Crippen LogP contribution in [0.4, 0.5) is 11.4 Å². The van der Waals surface area contributed by atoms with E-state index in [1.54, 1.807) is 37.4 Å². The summed E-state index contributed by atoms with van der Waals surface area (Å²) in [6, 6.07) is 10.7. The Morgan fingerprint density at radius 1 is 1.16 bits per heavy atom. The van der Waals surface area contributed by atoms with Crippen LogP contribution in [0, 0.1) is 10.1 Å². The molecule has 0 aliphatic carbocycles. The van der Waals surface area contributed by atoms with Gasteiger partial charge in [-0.15, -0.1) is 0 Å². The number of benzene rings is 2. The van der Waals surface area contributed by atoms with Gasteiger partial charge in [0.25, 0.3) is 11.6 Å². The van der Waals surface area contributed by atoms with Crippen LogP contribution in [-0.4, -0.2) is 23.8 Å². The van der Waals surface area contributed by atoms with Crippen molar-refractivity contribution in [3.05, 3.63) is 74.8 Å². The van der Waals surface area contributed by atoms with E-state index in [0.29, 0.717) is 5.56 Å². The normalized spacial score (nSPS) is 10.5. The van der Waals surface area contributed by atoms with Gasteiger partial charge in [0.15, 0.2) is 0 Å². The van der Waals surface area contributed by atoms with E-state index >= 15 is 0 Å². The zero-order chi connectivity index (χ0) is 18.4. The molecule has 0 radical (unpaired) electrons. The third kappa shape index (κ3) is 4.89. The molecule has 2 rings (SSSR count). The number of hydrogen-bond donors (Lipinski definition) is 2. The highest BCUT2D eigenvalue weighted by Gasteiger charge is 2.13. The van der Waals surface area contributed by atoms with Gasteiger partial charge in [0.05, 0.1) is 4.92 Å². The first kappa shape index (κ1) is 18.2. The van der Waals surface area contributed by atoms with Gasteiger partial charge in [0, 0.05) is 30.4 Å². The molecule has 0 unspecified atom stereocenters. The maximum atomic E-state index is 11.9. The van der Waals surface area contributed by atoms with Crippen molar-refractivity contribution in [3.8, 4) is 0 Å². The molecule has 0 aliphatic heterocycles. The van der Waals surface area contributed by atoms with Gasteiger partial charge in [-0.2, -0.15) is 0 Å². The molecule has 2 amide bonds. The maximum Gasteiger partial charge on any atom is 0.289 e. The third-order valence-corrected chi connectivity index (χ3v) is 3.56. The number of amides is 2. The number of nitro groups is 1. The van der Waals surface area contributed by atoms with Crippen molar-refractivity contribution in [2.45, 2.75) is 0 Å². The molecular formula is C17H14ClN3O4. The summed E-state index contributed by atoms with van der Waals surface area (Å²) >= 11 is 5.72. The van der Waals surface area contributed by atoms with E-state index in [2.05, 4.69) is 10.6 Å². The molecule has 0 atom stereocenters. The Balaban J connectivity index is 2.05. The van der Waals surface area contributed by atoms with E-state index in [9.17, 15) is 19.7 Å². The maximum absolute atomic E-state index is 11.9. The van der Waals surface area contributed by atoms with E-state index in [0.717, 1.165) is 5.56 Å². The molecule has 7 nitrogen and oxygen atoms in total. The number of anilines is 1. The van der Waals surface area contributed by atoms with Crippen molar-refractivity contribution in [3.63, 3.8) is 0 Å². The Kier molecular flexibility index (Phi) is 5.86. The van der Waals surface area contributed by atoms with Crippen LogP contribution >= 0.6 is 11.6 Å². The van der Waals surface area contributed by atoms with Crippen LogP contribution in [0.1, 0.15) is 15.9 Å². The SMILES string of the molecule is CNC(=O)c1ccc(/C=C/C(=O)Nc2ccc(Cl)c([N+](=O)[O-])c2)cc1. The monoisotopic (exact) mass is 359 g/mol. The molecule has 128 valence electrons. The lowest BCUT2D eigenvalue weighted by molar-refractivity contribution is -0.384. The average Bonchev–Trinajstić information content (AvgIpc) is 2.61. The van der Waals surface area contributed by atoms with Crippen LogP contribution in [0.25, 0.3) is 6.08 Å². The standard InChI is InChI=1S/C17H14ClN3O4/c1-19-17(23)12-5-2-11(3-6-12)4-9-16(22)20-13-7-8-14(18)15(10-13)21(24)25/h2-10H,1H3,(H,19,23)(H,20,22)/b9-4+. The van der Waals surface area contributed by atoms with E-state index in [4.69, 9.17) is 11.6 Å². The summed E-state index contributed by atoms with van der Waals surface area (Å²) in [7, 11) is 1.54. The fourth-order valence-electron chi connectivity index (χ4n) is 1.98. The van der Waals surface area contributed by atoms with Gasteiger partial charge in [0.1, 0.15) is 5.02 Å². The van der Waals surface area contributed by atoms with Crippen molar-refractivity contribution in [2.24, 2.45) is 0 Å². The lowest BCUT2D eigenvalue weighted by Gasteiger charge is -2.03. The summed E-state index contributed by atoms with van der Waals surface area (Å²) in [5.41, 5.74) is 1.22. The predicted molar refractivity (Wildman–Crippen MR) is 95.6 cm³/mol. The minimum atomic E-state index is -0.623. The van der Waals surface area contributed by atoms with Crippen LogP contribution in [-0.2, 0) is 4.79 Å². The first-order chi connectivity index (χ1) is 11.9. The van der Waals surface area contributed by atoms with Gasteiger partial charge in [0.2, 0.25) is 5.91 Å². The summed E-state index contributed by atoms with van der Waals surface area (Å²) in [5, 5.41) is 15.9. The number of nitrogens with zero attached hydrogens (tertiary/aromatic N) is 1.